The van der Waals surface area contributed by atoms with Gasteiger partial charge in [0, 0.05) is 25.7 Å². The van der Waals surface area contributed by atoms with Crippen LogP contribution < -0.4 is 5.73 Å². The molecule has 5 heteroatoms. The van der Waals surface area contributed by atoms with Gasteiger partial charge in [-0.1, -0.05) is 18.6 Å². The predicted octanol–water partition coefficient (Wildman–Crippen LogP) is 3.44. The van der Waals surface area contributed by atoms with Gasteiger partial charge in [-0.15, -0.1) is 0 Å². The summed E-state index contributed by atoms with van der Waals surface area (Å²) in [6.07, 6.45) is -0.394. The third kappa shape index (κ3) is 2.94. The molecule has 1 aliphatic carbocycles. The van der Waals surface area contributed by atoms with Crippen LogP contribution in [0.15, 0.2) is 24.3 Å². The summed E-state index contributed by atoms with van der Waals surface area (Å²) in [6, 6.07) is 5.52. The number of nitrogens with two attached hydrogens (primary N) is 1. The normalized spacial score (nSPS) is 27.8. The Hall–Kier alpha value is -1.07. The molecule has 3 unspecified atom stereocenters. The number of alkyl halides is 3. The van der Waals surface area contributed by atoms with Crippen molar-refractivity contribution in [1.82, 2.24) is 4.90 Å². The lowest BCUT2D eigenvalue weighted by atomic mass is 10.0. The maximum absolute atomic E-state index is 12.6. The van der Waals surface area contributed by atoms with E-state index in [0.717, 1.165) is 42.6 Å². The third-order valence-corrected chi connectivity index (χ3v) is 5.04. The van der Waals surface area contributed by atoms with Crippen LogP contribution in [0.4, 0.5) is 13.2 Å². The number of hydrogen-bond donors (Lipinski definition) is 1. The highest BCUT2D eigenvalue weighted by Crippen LogP contribution is 2.41. The van der Waals surface area contributed by atoms with E-state index in [1.165, 1.54) is 19.3 Å². The van der Waals surface area contributed by atoms with E-state index in [9.17, 15) is 13.2 Å². The summed E-state index contributed by atoms with van der Waals surface area (Å²) in [5.41, 5.74) is 6.19. The fourth-order valence-electron chi connectivity index (χ4n) is 3.92. The molecule has 1 heterocycles. The molecule has 2 nitrogen and oxygen atoms in total. The molecule has 21 heavy (non-hydrogen) atoms. The van der Waals surface area contributed by atoms with Gasteiger partial charge in [0.05, 0.1) is 5.56 Å². The van der Waals surface area contributed by atoms with Gasteiger partial charge < -0.3 is 5.73 Å². The predicted molar refractivity (Wildman–Crippen MR) is 75.6 cm³/mol. The molecule has 0 radical (unpaired) electrons. The van der Waals surface area contributed by atoms with E-state index >= 15 is 0 Å². The van der Waals surface area contributed by atoms with Crippen molar-refractivity contribution in [3.8, 4) is 0 Å². The summed E-state index contributed by atoms with van der Waals surface area (Å²) in [6.45, 7) is 2.52. The Bertz CT molecular complexity index is 471. The van der Waals surface area contributed by atoms with Crippen molar-refractivity contribution in [2.24, 2.45) is 17.6 Å². The molecule has 0 spiro atoms. The molecule has 0 bridgehead atoms. The van der Waals surface area contributed by atoms with E-state index in [1.54, 1.807) is 12.1 Å². The number of fused-ring (bicyclic) bond motifs is 1. The van der Waals surface area contributed by atoms with Crippen molar-refractivity contribution in [1.29, 1.82) is 0 Å². The third-order valence-electron chi connectivity index (χ3n) is 5.04. The molecular weight excluding hydrogens is 277 g/mol. The maximum Gasteiger partial charge on any atom is 0.416 e. The molecule has 1 aromatic rings. The van der Waals surface area contributed by atoms with E-state index in [0.29, 0.717) is 6.54 Å². The fraction of sp³-hybridized carbons (Fsp3) is 0.625. The molecule has 1 saturated carbocycles. The van der Waals surface area contributed by atoms with Crippen molar-refractivity contribution in [3.05, 3.63) is 35.4 Å². The lowest BCUT2D eigenvalue weighted by Gasteiger charge is -2.28. The Morgan fingerprint density at radius 2 is 1.67 bits per heavy atom. The van der Waals surface area contributed by atoms with Gasteiger partial charge in [0.2, 0.25) is 0 Å². The largest absolute Gasteiger partial charge is 0.416 e. The highest BCUT2D eigenvalue weighted by atomic mass is 19.4. The van der Waals surface area contributed by atoms with Crippen molar-refractivity contribution in [3.63, 3.8) is 0 Å². The van der Waals surface area contributed by atoms with Gasteiger partial charge in [0.1, 0.15) is 0 Å². The molecule has 2 fully saturated rings. The van der Waals surface area contributed by atoms with Crippen molar-refractivity contribution >= 4 is 0 Å². The lowest BCUT2D eigenvalue weighted by molar-refractivity contribution is -0.137. The number of benzene rings is 1. The van der Waals surface area contributed by atoms with E-state index < -0.39 is 11.7 Å². The molecule has 0 amide bonds. The SMILES string of the molecule is NCC(c1ccc(C(F)(F)F)cc1)N1CC2CCCC2C1. The molecular formula is C16H21F3N2. The van der Waals surface area contributed by atoms with Crippen LogP contribution in [0.25, 0.3) is 0 Å². The number of halogens is 3. The Morgan fingerprint density at radius 1 is 1.10 bits per heavy atom. The van der Waals surface area contributed by atoms with Crippen LogP contribution in [0.3, 0.4) is 0 Å². The molecule has 1 aliphatic heterocycles. The first-order valence-electron chi connectivity index (χ1n) is 7.60. The molecule has 1 aromatic carbocycles. The Balaban J connectivity index is 1.74. The summed E-state index contributed by atoms with van der Waals surface area (Å²) in [5, 5.41) is 0. The van der Waals surface area contributed by atoms with Gasteiger partial charge in [0.25, 0.3) is 0 Å². The van der Waals surface area contributed by atoms with E-state index in [2.05, 4.69) is 4.90 Å². The summed E-state index contributed by atoms with van der Waals surface area (Å²) >= 11 is 0. The zero-order chi connectivity index (χ0) is 15.0. The minimum Gasteiger partial charge on any atom is -0.329 e. The van der Waals surface area contributed by atoms with Crippen LogP contribution in [-0.2, 0) is 6.18 Å². The lowest BCUT2D eigenvalue weighted by Crippen LogP contribution is -2.32. The molecule has 0 aromatic heterocycles. The first-order chi connectivity index (χ1) is 9.99. The van der Waals surface area contributed by atoms with Gasteiger partial charge in [-0.2, -0.15) is 13.2 Å². The van der Waals surface area contributed by atoms with Gasteiger partial charge in [0.15, 0.2) is 0 Å². The van der Waals surface area contributed by atoms with E-state index in [-0.39, 0.29) is 6.04 Å². The quantitative estimate of drug-likeness (QED) is 0.926. The van der Waals surface area contributed by atoms with Crippen molar-refractivity contribution in [2.75, 3.05) is 19.6 Å². The van der Waals surface area contributed by atoms with Crippen LogP contribution >= 0.6 is 0 Å². The van der Waals surface area contributed by atoms with Crippen LogP contribution in [-0.4, -0.2) is 24.5 Å². The Labute approximate surface area is 123 Å². The van der Waals surface area contributed by atoms with Gasteiger partial charge >= 0.3 is 6.18 Å². The number of likely N-dealkylation sites (tertiary alicyclic amines) is 1. The average molecular weight is 298 g/mol. The molecule has 2 aliphatic rings. The smallest absolute Gasteiger partial charge is 0.329 e. The summed E-state index contributed by atoms with van der Waals surface area (Å²) < 4.78 is 37.9. The molecule has 116 valence electrons. The van der Waals surface area contributed by atoms with Crippen molar-refractivity contribution in [2.45, 2.75) is 31.5 Å². The second-order valence-electron chi connectivity index (χ2n) is 6.28. The molecule has 3 atom stereocenters. The zero-order valence-corrected chi connectivity index (χ0v) is 11.9. The van der Waals surface area contributed by atoms with Gasteiger partial charge in [-0.05, 0) is 42.4 Å². The van der Waals surface area contributed by atoms with Crippen LogP contribution in [0.2, 0.25) is 0 Å². The van der Waals surface area contributed by atoms with E-state index in [1.807, 2.05) is 0 Å². The minimum atomic E-state index is -4.28. The first kappa shape index (κ1) is 14.9. The topological polar surface area (TPSA) is 29.3 Å². The summed E-state index contributed by atoms with van der Waals surface area (Å²) in [7, 11) is 0. The van der Waals surface area contributed by atoms with Crippen LogP contribution in [0.5, 0.6) is 0 Å². The van der Waals surface area contributed by atoms with Crippen LogP contribution in [0.1, 0.15) is 36.4 Å². The summed E-state index contributed by atoms with van der Waals surface area (Å²) in [5.74, 6) is 1.52. The maximum atomic E-state index is 12.6. The second kappa shape index (κ2) is 5.61. The zero-order valence-electron chi connectivity index (χ0n) is 11.9. The first-order valence-corrected chi connectivity index (χ1v) is 7.60. The Kier molecular flexibility index (Phi) is 3.97. The number of rotatable bonds is 3. The standard InChI is InChI=1S/C16H21F3N2/c17-16(18,19)14-6-4-11(5-7-14)15(8-20)21-9-12-2-1-3-13(12)10-21/h4-7,12-13,15H,1-3,8-10,20H2. The van der Waals surface area contributed by atoms with Crippen molar-refractivity contribution < 1.29 is 13.2 Å². The Morgan fingerprint density at radius 3 is 2.14 bits per heavy atom. The van der Waals surface area contributed by atoms with Gasteiger partial charge in [-0.25, -0.2) is 0 Å². The number of nitrogens with zero attached hydrogens (tertiary/aromatic N) is 1. The summed E-state index contributed by atoms with van der Waals surface area (Å²) in [4.78, 5) is 2.36. The van der Waals surface area contributed by atoms with Gasteiger partial charge in [-0.3, -0.25) is 4.90 Å². The van der Waals surface area contributed by atoms with E-state index in [4.69, 9.17) is 5.73 Å². The molecule has 1 saturated heterocycles. The second-order valence-corrected chi connectivity index (χ2v) is 6.28. The molecule has 2 N–H and O–H groups in total. The molecule has 3 rings (SSSR count). The highest BCUT2D eigenvalue weighted by molar-refractivity contribution is 5.27. The number of hydrogen-bond acceptors (Lipinski definition) is 2. The monoisotopic (exact) mass is 298 g/mol. The average Bonchev–Trinajstić information content (AvgIpc) is 3.00. The minimum absolute atomic E-state index is 0.0397. The van der Waals surface area contributed by atoms with Crippen LogP contribution in [0, 0.1) is 11.8 Å². The highest BCUT2D eigenvalue weighted by Gasteiger charge is 2.39. The fourth-order valence-corrected chi connectivity index (χ4v) is 3.92.